The van der Waals surface area contributed by atoms with Crippen LogP contribution in [0.3, 0.4) is 0 Å². The summed E-state index contributed by atoms with van der Waals surface area (Å²) in [6, 6.07) is 16.6. The number of piperidine rings is 1. The fraction of sp³-hybridized carbons (Fsp3) is 0.296. The smallest absolute Gasteiger partial charge is 0.317 e. The highest BCUT2D eigenvalue weighted by atomic mass is 16.5. The Morgan fingerprint density at radius 2 is 1.97 bits per heavy atom. The SMILES string of the molecule is Cc1c(-c2ccc(OC3CCN(C(=O)NCCc4cnc[nH]4)CC3)cc2)ccc2cccnc12. The number of aromatic amines is 1. The van der Waals surface area contributed by atoms with Crippen LogP contribution in [-0.4, -0.2) is 51.6 Å². The monoisotopic (exact) mass is 455 g/mol. The Morgan fingerprint density at radius 3 is 2.74 bits per heavy atom. The van der Waals surface area contributed by atoms with Gasteiger partial charge < -0.3 is 19.9 Å². The number of urea groups is 1. The number of imidazole rings is 1. The van der Waals surface area contributed by atoms with E-state index in [4.69, 9.17) is 4.74 Å². The zero-order valence-corrected chi connectivity index (χ0v) is 19.3. The Balaban J connectivity index is 1.13. The van der Waals surface area contributed by atoms with E-state index < -0.39 is 0 Å². The summed E-state index contributed by atoms with van der Waals surface area (Å²) in [6.07, 6.45) is 7.78. The third-order valence-corrected chi connectivity index (χ3v) is 6.45. The lowest BCUT2D eigenvalue weighted by Crippen LogP contribution is -2.46. The van der Waals surface area contributed by atoms with Crippen molar-refractivity contribution in [1.82, 2.24) is 25.2 Å². The molecule has 2 N–H and O–H groups in total. The summed E-state index contributed by atoms with van der Waals surface area (Å²) in [5.74, 6) is 0.864. The van der Waals surface area contributed by atoms with Gasteiger partial charge in [0.1, 0.15) is 11.9 Å². The molecule has 0 radical (unpaired) electrons. The topological polar surface area (TPSA) is 83.1 Å². The number of hydrogen-bond donors (Lipinski definition) is 2. The summed E-state index contributed by atoms with van der Waals surface area (Å²) in [7, 11) is 0. The van der Waals surface area contributed by atoms with E-state index in [-0.39, 0.29) is 12.1 Å². The van der Waals surface area contributed by atoms with Gasteiger partial charge in [-0.2, -0.15) is 0 Å². The molecule has 0 bridgehead atoms. The van der Waals surface area contributed by atoms with E-state index in [9.17, 15) is 4.79 Å². The molecule has 0 spiro atoms. The number of ether oxygens (including phenoxy) is 1. The van der Waals surface area contributed by atoms with Gasteiger partial charge in [-0.25, -0.2) is 9.78 Å². The highest BCUT2D eigenvalue weighted by Crippen LogP contribution is 2.30. The minimum Gasteiger partial charge on any atom is -0.490 e. The predicted octanol–water partition coefficient (Wildman–Crippen LogP) is 4.73. The number of nitrogens with one attached hydrogen (secondary N) is 2. The second kappa shape index (κ2) is 9.95. The van der Waals surface area contributed by atoms with Crippen LogP contribution in [0.25, 0.3) is 22.0 Å². The number of aromatic nitrogens is 3. The van der Waals surface area contributed by atoms with Gasteiger partial charge >= 0.3 is 6.03 Å². The summed E-state index contributed by atoms with van der Waals surface area (Å²) in [6.45, 7) is 4.11. The fourth-order valence-corrected chi connectivity index (χ4v) is 4.52. The van der Waals surface area contributed by atoms with Gasteiger partial charge in [0.15, 0.2) is 0 Å². The van der Waals surface area contributed by atoms with Crippen LogP contribution >= 0.6 is 0 Å². The molecule has 7 nitrogen and oxygen atoms in total. The van der Waals surface area contributed by atoms with Crippen molar-refractivity contribution < 1.29 is 9.53 Å². The Hall–Kier alpha value is -3.87. The van der Waals surface area contributed by atoms with E-state index in [2.05, 4.69) is 57.5 Å². The van der Waals surface area contributed by atoms with Gasteiger partial charge in [-0.1, -0.05) is 30.3 Å². The maximum Gasteiger partial charge on any atom is 0.317 e. The largest absolute Gasteiger partial charge is 0.490 e. The lowest BCUT2D eigenvalue weighted by molar-refractivity contribution is 0.111. The molecule has 0 saturated carbocycles. The standard InChI is InChI=1S/C27H29N5O2/c1-19-25(9-6-21-3-2-13-29-26(19)21)20-4-7-23(8-5-20)34-24-11-15-32(16-12-24)27(33)30-14-10-22-17-28-18-31-22/h2-9,13,17-18,24H,10-12,14-16H2,1H3,(H,28,31)(H,30,33). The molecule has 0 atom stereocenters. The molecule has 1 aliphatic heterocycles. The van der Waals surface area contributed by atoms with Gasteiger partial charge in [0.25, 0.3) is 0 Å². The number of rotatable bonds is 6. The number of amides is 2. The molecule has 34 heavy (non-hydrogen) atoms. The average molecular weight is 456 g/mol. The van der Waals surface area contributed by atoms with Crippen LogP contribution in [0.15, 0.2) is 67.3 Å². The van der Waals surface area contributed by atoms with Gasteiger partial charge in [-0.05, 0) is 41.8 Å². The lowest BCUT2D eigenvalue weighted by atomic mass is 9.98. The van der Waals surface area contributed by atoms with E-state index in [0.29, 0.717) is 19.6 Å². The summed E-state index contributed by atoms with van der Waals surface area (Å²) in [5, 5.41) is 4.14. The molecule has 7 heteroatoms. The summed E-state index contributed by atoms with van der Waals surface area (Å²) < 4.78 is 6.22. The molecule has 0 unspecified atom stereocenters. The third-order valence-electron chi connectivity index (χ3n) is 6.45. The molecule has 2 amide bonds. The van der Waals surface area contributed by atoms with Crippen molar-refractivity contribution in [2.75, 3.05) is 19.6 Å². The number of hydrogen-bond acceptors (Lipinski definition) is 4. The number of carbonyl (C=O) groups excluding carboxylic acids is 1. The van der Waals surface area contributed by atoms with Crippen LogP contribution < -0.4 is 10.1 Å². The predicted molar refractivity (Wildman–Crippen MR) is 133 cm³/mol. The first-order valence-electron chi connectivity index (χ1n) is 11.8. The second-order valence-corrected chi connectivity index (χ2v) is 8.70. The van der Waals surface area contributed by atoms with Crippen molar-refractivity contribution in [3.05, 3.63) is 78.5 Å². The number of pyridine rings is 1. The molecule has 1 saturated heterocycles. The van der Waals surface area contributed by atoms with E-state index in [1.165, 1.54) is 11.1 Å². The zero-order chi connectivity index (χ0) is 23.3. The summed E-state index contributed by atoms with van der Waals surface area (Å²) in [4.78, 5) is 25.9. The Labute approximate surface area is 199 Å². The minimum atomic E-state index is -0.0115. The third kappa shape index (κ3) is 4.88. The molecule has 2 aromatic carbocycles. The van der Waals surface area contributed by atoms with Crippen molar-refractivity contribution in [2.24, 2.45) is 0 Å². The van der Waals surface area contributed by atoms with Crippen LogP contribution in [0, 0.1) is 6.92 Å². The average Bonchev–Trinajstić information content (AvgIpc) is 3.39. The van der Waals surface area contributed by atoms with Crippen LogP contribution in [0.4, 0.5) is 4.79 Å². The molecule has 1 fully saturated rings. The molecule has 5 rings (SSSR count). The van der Waals surface area contributed by atoms with Crippen LogP contribution in [-0.2, 0) is 6.42 Å². The first kappa shape index (κ1) is 21.9. The van der Waals surface area contributed by atoms with Gasteiger partial charge in [-0.15, -0.1) is 0 Å². The summed E-state index contributed by atoms with van der Waals surface area (Å²) in [5.41, 5.74) is 5.58. The van der Waals surface area contributed by atoms with Crippen LogP contribution in [0.5, 0.6) is 5.75 Å². The molecule has 4 aromatic rings. The molecule has 2 aromatic heterocycles. The van der Waals surface area contributed by atoms with Crippen molar-refractivity contribution in [3.8, 4) is 16.9 Å². The number of carbonyl (C=O) groups is 1. The molecular weight excluding hydrogens is 426 g/mol. The minimum absolute atomic E-state index is 0.0115. The van der Waals surface area contributed by atoms with Crippen molar-refractivity contribution >= 4 is 16.9 Å². The highest BCUT2D eigenvalue weighted by Gasteiger charge is 2.23. The second-order valence-electron chi connectivity index (χ2n) is 8.70. The van der Waals surface area contributed by atoms with E-state index >= 15 is 0 Å². The normalized spacial score (nSPS) is 14.3. The van der Waals surface area contributed by atoms with Crippen molar-refractivity contribution in [2.45, 2.75) is 32.3 Å². The van der Waals surface area contributed by atoms with Gasteiger partial charge in [0, 0.05) is 62.4 Å². The zero-order valence-electron chi connectivity index (χ0n) is 19.3. The number of H-pyrrole nitrogens is 1. The van der Waals surface area contributed by atoms with Crippen molar-refractivity contribution in [1.29, 1.82) is 0 Å². The van der Waals surface area contributed by atoms with E-state index in [0.717, 1.165) is 47.2 Å². The lowest BCUT2D eigenvalue weighted by Gasteiger charge is -2.32. The fourth-order valence-electron chi connectivity index (χ4n) is 4.52. The molecule has 174 valence electrons. The summed E-state index contributed by atoms with van der Waals surface area (Å²) >= 11 is 0. The van der Waals surface area contributed by atoms with Gasteiger partial charge in [0.05, 0.1) is 11.8 Å². The first-order valence-corrected chi connectivity index (χ1v) is 11.8. The van der Waals surface area contributed by atoms with Gasteiger partial charge in [0.2, 0.25) is 0 Å². The van der Waals surface area contributed by atoms with Crippen LogP contribution in [0.2, 0.25) is 0 Å². The molecular formula is C27H29N5O2. The number of likely N-dealkylation sites (tertiary alicyclic amines) is 1. The maximum absolute atomic E-state index is 12.4. The molecule has 1 aliphatic rings. The maximum atomic E-state index is 12.4. The quantitative estimate of drug-likeness (QED) is 0.440. The Kier molecular flexibility index (Phi) is 6.42. The highest BCUT2D eigenvalue weighted by molar-refractivity contribution is 5.88. The Morgan fingerprint density at radius 1 is 1.15 bits per heavy atom. The van der Waals surface area contributed by atoms with Crippen LogP contribution in [0.1, 0.15) is 24.1 Å². The van der Waals surface area contributed by atoms with E-state index in [1.54, 1.807) is 12.5 Å². The Bertz CT molecular complexity index is 1250. The molecule has 3 heterocycles. The number of fused-ring (bicyclic) bond motifs is 1. The van der Waals surface area contributed by atoms with Crippen molar-refractivity contribution in [3.63, 3.8) is 0 Å². The van der Waals surface area contributed by atoms with Gasteiger partial charge in [-0.3, -0.25) is 4.98 Å². The number of benzene rings is 2. The first-order chi connectivity index (χ1) is 16.7. The number of aryl methyl sites for hydroxylation is 1. The molecule has 0 aliphatic carbocycles. The number of nitrogens with zero attached hydrogens (tertiary/aromatic N) is 3. The van der Waals surface area contributed by atoms with E-state index in [1.807, 2.05) is 29.3 Å².